The molecule has 0 bridgehead atoms. The molecule has 0 saturated carbocycles. The fourth-order valence-corrected chi connectivity index (χ4v) is 4.95. The third kappa shape index (κ3) is 4.52. The van der Waals surface area contributed by atoms with E-state index in [0.29, 0.717) is 13.0 Å². The first kappa shape index (κ1) is 21.0. The monoisotopic (exact) mass is 445 g/mol. The van der Waals surface area contributed by atoms with Crippen LogP contribution in [0.3, 0.4) is 0 Å². The molecule has 1 fully saturated rings. The molecular weight excluding hydrogens is 418 g/mol. The van der Waals surface area contributed by atoms with Crippen LogP contribution < -0.4 is 15.1 Å². The SMILES string of the molecule is O=C1CC(Cc2ccc(Cl)cc2)c2cc(N3CCNCC3)ccc2N1Cc1ccccc1. The molecule has 1 amide bonds. The Morgan fingerprint density at radius 3 is 2.41 bits per heavy atom. The fraction of sp³-hybridized carbons (Fsp3) is 0.296. The number of fused-ring (bicyclic) bond motifs is 1. The number of hydrogen-bond acceptors (Lipinski definition) is 3. The summed E-state index contributed by atoms with van der Waals surface area (Å²) in [7, 11) is 0. The second-order valence-electron chi connectivity index (χ2n) is 8.68. The molecule has 3 aromatic rings. The van der Waals surface area contributed by atoms with Gasteiger partial charge in [-0.1, -0.05) is 54.1 Å². The van der Waals surface area contributed by atoms with E-state index in [-0.39, 0.29) is 11.8 Å². The number of nitrogens with one attached hydrogen (secondary N) is 1. The number of nitrogens with zero attached hydrogens (tertiary/aromatic N) is 2. The van der Waals surface area contributed by atoms with Crippen molar-refractivity contribution in [2.24, 2.45) is 0 Å². The number of halogens is 1. The molecule has 4 nitrogen and oxygen atoms in total. The Bertz CT molecular complexity index is 1080. The van der Waals surface area contributed by atoms with E-state index < -0.39 is 0 Å². The van der Waals surface area contributed by atoms with Crippen LogP contribution in [0.15, 0.2) is 72.8 Å². The number of rotatable bonds is 5. The first-order chi connectivity index (χ1) is 15.7. The highest BCUT2D eigenvalue weighted by atomic mass is 35.5. The van der Waals surface area contributed by atoms with Gasteiger partial charge in [-0.05, 0) is 59.4 Å². The number of hydrogen-bond donors (Lipinski definition) is 1. The minimum atomic E-state index is 0.161. The first-order valence-electron chi connectivity index (χ1n) is 11.4. The molecule has 32 heavy (non-hydrogen) atoms. The summed E-state index contributed by atoms with van der Waals surface area (Å²) in [5.74, 6) is 0.351. The fourth-order valence-electron chi connectivity index (χ4n) is 4.83. The highest BCUT2D eigenvalue weighted by Gasteiger charge is 2.32. The maximum atomic E-state index is 13.3. The van der Waals surface area contributed by atoms with Crippen molar-refractivity contribution in [3.8, 4) is 0 Å². The van der Waals surface area contributed by atoms with Gasteiger partial charge in [0.05, 0.1) is 6.54 Å². The third-order valence-electron chi connectivity index (χ3n) is 6.52. The van der Waals surface area contributed by atoms with E-state index in [1.165, 1.54) is 16.8 Å². The van der Waals surface area contributed by atoms with Crippen molar-refractivity contribution in [2.75, 3.05) is 36.0 Å². The van der Waals surface area contributed by atoms with Crippen LogP contribution in [0.5, 0.6) is 0 Å². The first-order valence-corrected chi connectivity index (χ1v) is 11.7. The Balaban J connectivity index is 1.50. The van der Waals surface area contributed by atoms with Gasteiger partial charge in [0.15, 0.2) is 0 Å². The molecule has 2 heterocycles. The molecule has 5 rings (SSSR count). The van der Waals surface area contributed by atoms with Crippen molar-refractivity contribution in [1.29, 1.82) is 0 Å². The molecule has 1 atom stereocenters. The summed E-state index contributed by atoms with van der Waals surface area (Å²) in [5.41, 5.74) is 5.92. The van der Waals surface area contributed by atoms with Crippen molar-refractivity contribution >= 4 is 28.9 Å². The van der Waals surface area contributed by atoms with E-state index in [1.54, 1.807) is 0 Å². The molecule has 0 aromatic heterocycles. The summed E-state index contributed by atoms with van der Waals surface area (Å²) in [4.78, 5) is 17.7. The highest BCUT2D eigenvalue weighted by Crippen LogP contribution is 2.41. The lowest BCUT2D eigenvalue weighted by Gasteiger charge is -2.36. The van der Waals surface area contributed by atoms with Crippen molar-refractivity contribution in [2.45, 2.75) is 25.3 Å². The molecule has 0 aliphatic carbocycles. The summed E-state index contributed by atoms with van der Waals surface area (Å²) >= 11 is 6.09. The zero-order valence-electron chi connectivity index (χ0n) is 18.1. The Labute approximate surface area is 194 Å². The summed E-state index contributed by atoms with van der Waals surface area (Å²) in [5, 5.41) is 4.17. The molecule has 2 aliphatic heterocycles. The van der Waals surface area contributed by atoms with Crippen LogP contribution in [-0.4, -0.2) is 32.1 Å². The standard InChI is InChI=1S/C27H28ClN3O/c28-23-8-6-20(7-9-23)16-22-17-27(32)31(19-21-4-2-1-3-5-21)26-11-10-24(18-25(22)26)30-14-12-29-13-15-30/h1-11,18,22,29H,12-17,19H2. The molecular formula is C27H28ClN3O. The Morgan fingerprint density at radius 1 is 0.906 bits per heavy atom. The van der Waals surface area contributed by atoms with Crippen LogP contribution in [0.1, 0.15) is 29.0 Å². The van der Waals surface area contributed by atoms with Crippen LogP contribution >= 0.6 is 11.6 Å². The van der Waals surface area contributed by atoms with Gasteiger partial charge in [0.2, 0.25) is 5.91 Å². The van der Waals surface area contributed by atoms with Crippen LogP contribution in [0.25, 0.3) is 0 Å². The van der Waals surface area contributed by atoms with Gasteiger partial charge in [0.25, 0.3) is 0 Å². The van der Waals surface area contributed by atoms with Gasteiger partial charge in [-0.25, -0.2) is 0 Å². The van der Waals surface area contributed by atoms with Crippen molar-refractivity contribution in [3.63, 3.8) is 0 Å². The van der Waals surface area contributed by atoms with Gasteiger partial charge in [-0.15, -0.1) is 0 Å². The number of carbonyl (C=O) groups is 1. The van der Waals surface area contributed by atoms with E-state index in [1.807, 2.05) is 35.2 Å². The maximum Gasteiger partial charge on any atom is 0.227 e. The minimum absolute atomic E-state index is 0.161. The van der Waals surface area contributed by atoms with Gasteiger partial charge in [-0.3, -0.25) is 4.79 Å². The summed E-state index contributed by atoms with van der Waals surface area (Å²) in [6, 6.07) is 24.9. The normalized spacial score (nSPS) is 18.5. The number of benzene rings is 3. The third-order valence-corrected chi connectivity index (χ3v) is 6.78. The van der Waals surface area contributed by atoms with Crippen molar-refractivity contribution in [3.05, 3.63) is 94.5 Å². The summed E-state index contributed by atoms with van der Waals surface area (Å²) < 4.78 is 0. The smallest absolute Gasteiger partial charge is 0.227 e. The molecule has 0 spiro atoms. The molecule has 164 valence electrons. The van der Waals surface area contributed by atoms with Crippen molar-refractivity contribution < 1.29 is 4.79 Å². The average molecular weight is 446 g/mol. The molecule has 1 unspecified atom stereocenters. The van der Waals surface area contributed by atoms with Crippen LogP contribution in [0, 0.1) is 0 Å². The Morgan fingerprint density at radius 2 is 1.66 bits per heavy atom. The molecule has 3 aromatic carbocycles. The van der Waals surface area contributed by atoms with Gasteiger partial charge in [0.1, 0.15) is 0 Å². The van der Waals surface area contributed by atoms with E-state index in [2.05, 4.69) is 52.7 Å². The van der Waals surface area contributed by atoms with Gasteiger partial charge < -0.3 is 15.1 Å². The van der Waals surface area contributed by atoms with Crippen LogP contribution in [-0.2, 0) is 17.8 Å². The lowest BCUT2D eigenvalue weighted by atomic mass is 9.84. The number of carbonyl (C=O) groups excluding carboxylic acids is 1. The van der Waals surface area contributed by atoms with Crippen LogP contribution in [0.2, 0.25) is 5.02 Å². The second kappa shape index (κ2) is 9.35. The average Bonchev–Trinajstić information content (AvgIpc) is 2.84. The van der Waals surface area contributed by atoms with E-state index in [9.17, 15) is 4.79 Å². The zero-order valence-corrected chi connectivity index (χ0v) is 18.9. The number of piperazine rings is 1. The molecule has 2 aliphatic rings. The minimum Gasteiger partial charge on any atom is -0.369 e. The van der Waals surface area contributed by atoms with E-state index in [4.69, 9.17) is 11.6 Å². The van der Waals surface area contributed by atoms with Gasteiger partial charge in [0, 0.05) is 49.0 Å². The van der Waals surface area contributed by atoms with Gasteiger partial charge >= 0.3 is 0 Å². The maximum absolute atomic E-state index is 13.3. The highest BCUT2D eigenvalue weighted by molar-refractivity contribution is 6.30. The molecule has 5 heteroatoms. The second-order valence-corrected chi connectivity index (χ2v) is 9.11. The predicted octanol–water partition coefficient (Wildman–Crippen LogP) is 5.01. The summed E-state index contributed by atoms with van der Waals surface area (Å²) in [6.45, 7) is 4.63. The number of anilines is 2. The zero-order chi connectivity index (χ0) is 21.9. The quantitative estimate of drug-likeness (QED) is 0.599. The number of amides is 1. The Hall–Kier alpha value is -2.82. The largest absolute Gasteiger partial charge is 0.369 e. The van der Waals surface area contributed by atoms with Gasteiger partial charge in [-0.2, -0.15) is 0 Å². The van der Waals surface area contributed by atoms with Crippen molar-refractivity contribution in [1.82, 2.24) is 5.32 Å². The predicted molar refractivity (Wildman–Crippen MR) is 132 cm³/mol. The summed E-state index contributed by atoms with van der Waals surface area (Å²) in [6.07, 6.45) is 1.35. The Kier molecular flexibility index (Phi) is 6.15. The van der Waals surface area contributed by atoms with E-state index >= 15 is 0 Å². The molecule has 1 N–H and O–H groups in total. The van der Waals surface area contributed by atoms with Crippen LogP contribution in [0.4, 0.5) is 11.4 Å². The lowest BCUT2D eigenvalue weighted by Crippen LogP contribution is -2.43. The lowest BCUT2D eigenvalue weighted by molar-refractivity contribution is -0.119. The molecule has 1 saturated heterocycles. The van der Waals surface area contributed by atoms with E-state index in [0.717, 1.165) is 48.9 Å². The topological polar surface area (TPSA) is 35.6 Å². The molecule has 0 radical (unpaired) electrons.